The number of furan rings is 1. The zero-order chi connectivity index (χ0) is 32.3. The van der Waals surface area contributed by atoms with E-state index >= 15 is 0 Å². The molecule has 0 unspecified atom stereocenters. The lowest BCUT2D eigenvalue weighted by Gasteiger charge is -2.26. The molecule has 4 heteroatoms. The van der Waals surface area contributed by atoms with E-state index in [0.29, 0.717) is 0 Å². The topological polar surface area (TPSA) is 28.7 Å². The van der Waals surface area contributed by atoms with Crippen LogP contribution in [0.5, 0.6) is 0 Å². The monoisotopic (exact) mass is 646 g/mol. The average Bonchev–Trinajstić information content (AvgIpc) is 3.74. The summed E-state index contributed by atoms with van der Waals surface area (Å²) in [5, 5.41) is 6.26. The number of anilines is 3. The van der Waals surface area contributed by atoms with Crippen LogP contribution in [-0.2, 0) is 6.42 Å². The Bertz CT molecular complexity index is 2720. The van der Waals surface area contributed by atoms with Gasteiger partial charge in [0.25, 0.3) is 0 Å². The molecule has 3 heterocycles. The first-order valence-corrected chi connectivity index (χ1v) is 17.5. The fraction of sp³-hybridized carbons (Fsp3) is 0.0444. The fourth-order valence-corrected chi connectivity index (χ4v) is 8.50. The van der Waals surface area contributed by atoms with E-state index in [-0.39, 0.29) is 0 Å². The maximum absolute atomic E-state index is 6.20. The second-order valence-corrected chi connectivity index (χ2v) is 13.8. The van der Waals surface area contributed by atoms with Gasteiger partial charge in [0, 0.05) is 54.7 Å². The van der Waals surface area contributed by atoms with E-state index in [2.05, 4.69) is 162 Å². The lowest BCUT2D eigenvalue weighted by Crippen LogP contribution is -2.10. The molecule has 0 amide bonds. The first-order chi connectivity index (χ1) is 24.3. The van der Waals surface area contributed by atoms with Crippen LogP contribution in [0.15, 0.2) is 161 Å². The van der Waals surface area contributed by atoms with Crippen LogP contribution in [0.3, 0.4) is 0 Å². The third-order valence-corrected chi connectivity index (χ3v) is 10.9. The minimum Gasteiger partial charge on any atom is -0.455 e. The van der Waals surface area contributed by atoms with Crippen molar-refractivity contribution in [1.82, 2.24) is 0 Å². The summed E-state index contributed by atoms with van der Waals surface area (Å²) in [5.74, 6) is 0.897. The summed E-state index contributed by atoms with van der Waals surface area (Å²) >= 11 is 1.85. The van der Waals surface area contributed by atoms with Crippen molar-refractivity contribution in [3.05, 3.63) is 163 Å². The van der Waals surface area contributed by atoms with Crippen molar-refractivity contribution < 1.29 is 4.42 Å². The Balaban J connectivity index is 1.10. The second kappa shape index (κ2) is 11.3. The molecule has 232 valence electrons. The van der Waals surface area contributed by atoms with E-state index in [9.17, 15) is 0 Å². The number of rotatable bonds is 5. The Morgan fingerprint density at radius 2 is 1.24 bits per heavy atom. The molecule has 9 aromatic rings. The predicted molar refractivity (Wildman–Crippen MR) is 208 cm³/mol. The molecule has 0 fully saturated rings. The van der Waals surface area contributed by atoms with Crippen molar-refractivity contribution in [3.8, 4) is 22.3 Å². The summed E-state index contributed by atoms with van der Waals surface area (Å²) in [6, 6.07) is 55.1. The standard InChI is InChI=1S/C45H30N2OS/c1-2-7-29(8-3-1)32-9-6-10-35(25-32)47(36-20-22-44-40(27-36)37-11-4-5-12-43(37)49-44)34-18-15-30(16-19-34)33-14-13-31-17-21-41-45(39(31)26-33)38-23-24-46-28-42(38)48-41/h1-22,25-28H,23-24H2. The molecule has 0 saturated carbocycles. The molecule has 1 aliphatic heterocycles. The summed E-state index contributed by atoms with van der Waals surface area (Å²) in [7, 11) is 0. The highest BCUT2D eigenvalue weighted by Gasteiger charge is 2.19. The highest BCUT2D eigenvalue weighted by molar-refractivity contribution is 7.25. The number of benzene rings is 7. The average molecular weight is 647 g/mol. The minimum absolute atomic E-state index is 0.805. The van der Waals surface area contributed by atoms with E-state index < -0.39 is 0 Å². The van der Waals surface area contributed by atoms with Crippen molar-refractivity contribution in [3.63, 3.8) is 0 Å². The number of fused-ring (bicyclic) bond motifs is 8. The number of thiophene rings is 1. The fourth-order valence-electron chi connectivity index (χ4n) is 7.41. The van der Waals surface area contributed by atoms with Gasteiger partial charge in [0.1, 0.15) is 11.3 Å². The Kier molecular flexibility index (Phi) is 6.49. The molecule has 0 bridgehead atoms. The molecule has 10 rings (SSSR count). The molecule has 3 nitrogen and oxygen atoms in total. The number of hydrogen-bond donors (Lipinski definition) is 0. The zero-order valence-electron chi connectivity index (χ0n) is 26.6. The van der Waals surface area contributed by atoms with Gasteiger partial charge in [-0.05, 0) is 100 Å². The molecule has 0 radical (unpaired) electrons. The van der Waals surface area contributed by atoms with Crippen molar-refractivity contribution in [2.45, 2.75) is 6.42 Å². The predicted octanol–water partition coefficient (Wildman–Crippen LogP) is 12.7. The van der Waals surface area contributed by atoms with Gasteiger partial charge in [0.05, 0.1) is 6.21 Å². The van der Waals surface area contributed by atoms with Gasteiger partial charge in [-0.2, -0.15) is 0 Å². The molecule has 7 aromatic carbocycles. The molecule has 2 aromatic heterocycles. The molecular formula is C45H30N2OS. The first kappa shape index (κ1) is 28.1. The number of aliphatic imine (C=N–C) groups is 1. The molecule has 49 heavy (non-hydrogen) atoms. The largest absolute Gasteiger partial charge is 0.455 e. The SMILES string of the molecule is C1=NCCc2c1oc1ccc3ccc(-c4ccc(N(c5cccc(-c6ccccc6)c5)c5ccc6sc7ccccc7c6c5)cc4)cc3c21. The van der Waals surface area contributed by atoms with Crippen molar-refractivity contribution in [2.75, 3.05) is 11.4 Å². The summed E-state index contributed by atoms with van der Waals surface area (Å²) in [6.45, 7) is 0.805. The third-order valence-electron chi connectivity index (χ3n) is 9.79. The van der Waals surface area contributed by atoms with Crippen molar-refractivity contribution in [1.29, 1.82) is 0 Å². The van der Waals surface area contributed by atoms with Crippen LogP contribution in [0, 0.1) is 0 Å². The van der Waals surface area contributed by atoms with Crippen LogP contribution in [-0.4, -0.2) is 12.8 Å². The molecule has 0 spiro atoms. The smallest absolute Gasteiger partial charge is 0.149 e. The van der Waals surface area contributed by atoms with Crippen LogP contribution >= 0.6 is 11.3 Å². The van der Waals surface area contributed by atoms with Crippen LogP contribution in [0.1, 0.15) is 11.3 Å². The first-order valence-electron chi connectivity index (χ1n) is 16.7. The van der Waals surface area contributed by atoms with Gasteiger partial charge in [-0.1, -0.05) is 91.0 Å². The summed E-state index contributed by atoms with van der Waals surface area (Å²) < 4.78 is 8.81. The van der Waals surface area contributed by atoms with E-state index in [1.54, 1.807) is 0 Å². The number of hydrogen-bond acceptors (Lipinski definition) is 4. The van der Waals surface area contributed by atoms with Gasteiger partial charge in [0.15, 0.2) is 0 Å². The van der Waals surface area contributed by atoms with Gasteiger partial charge in [-0.3, -0.25) is 4.99 Å². The third kappa shape index (κ3) is 4.75. The quantitative estimate of drug-likeness (QED) is 0.186. The van der Waals surface area contributed by atoms with Gasteiger partial charge in [-0.15, -0.1) is 11.3 Å². The lowest BCUT2D eigenvalue weighted by molar-refractivity contribution is 0.598. The van der Waals surface area contributed by atoms with Crippen LogP contribution in [0.4, 0.5) is 17.1 Å². The molecular weight excluding hydrogens is 617 g/mol. The minimum atomic E-state index is 0.805. The Labute approximate surface area is 288 Å². The van der Waals surface area contributed by atoms with Crippen molar-refractivity contribution >= 4 is 76.5 Å². The van der Waals surface area contributed by atoms with E-state index in [0.717, 1.165) is 41.4 Å². The molecule has 0 aliphatic carbocycles. The van der Waals surface area contributed by atoms with E-state index in [1.807, 2.05) is 17.6 Å². The normalized spacial score (nSPS) is 12.7. The lowest BCUT2D eigenvalue weighted by atomic mass is 9.96. The summed E-state index contributed by atoms with van der Waals surface area (Å²) in [6.07, 6.45) is 2.79. The Morgan fingerprint density at radius 1 is 0.531 bits per heavy atom. The summed E-state index contributed by atoms with van der Waals surface area (Å²) in [4.78, 5) is 6.83. The van der Waals surface area contributed by atoms with Gasteiger partial charge < -0.3 is 9.32 Å². The van der Waals surface area contributed by atoms with Crippen LogP contribution in [0.2, 0.25) is 0 Å². The maximum Gasteiger partial charge on any atom is 0.149 e. The van der Waals surface area contributed by atoms with Gasteiger partial charge in [0.2, 0.25) is 0 Å². The highest BCUT2D eigenvalue weighted by Crippen LogP contribution is 2.42. The van der Waals surface area contributed by atoms with Crippen molar-refractivity contribution in [2.24, 2.45) is 4.99 Å². The number of nitrogens with zero attached hydrogens (tertiary/aromatic N) is 2. The maximum atomic E-state index is 6.20. The van der Waals surface area contributed by atoms with E-state index in [1.165, 1.54) is 64.1 Å². The Hall–Kier alpha value is -5.97. The molecule has 0 N–H and O–H groups in total. The Morgan fingerprint density at radius 3 is 2.16 bits per heavy atom. The highest BCUT2D eigenvalue weighted by atomic mass is 32.1. The van der Waals surface area contributed by atoms with E-state index in [4.69, 9.17) is 4.42 Å². The zero-order valence-corrected chi connectivity index (χ0v) is 27.5. The summed E-state index contributed by atoms with van der Waals surface area (Å²) in [5.41, 5.74) is 10.3. The van der Waals surface area contributed by atoms with Crippen LogP contribution in [0.25, 0.3) is 64.2 Å². The second-order valence-electron chi connectivity index (χ2n) is 12.7. The van der Waals surface area contributed by atoms with Crippen LogP contribution < -0.4 is 4.90 Å². The molecule has 0 atom stereocenters. The molecule has 0 saturated heterocycles. The van der Waals surface area contributed by atoms with Gasteiger partial charge >= 0.3 is 0 Å². The molecule has 1 aliphatic rings. The van der Waals surface area contributed by atoms with Gasteiger partial charge in [-0.25, -0.2) is 0 Å².